The van der Waals surface area contributed by atoms with Crippen LogP contribution in [-0.2, 0) is 4.74 Å². The maximum atomic E-state index is 13.3. The summed E-state index contributed by atoms with van der Waals surface area (Å²) < 4.78 is 32.4. The van der Waals surface area contributed by atoms with Crippen molar-refractivity contribution >= 4 is 11.9 Å². The molecule has 0 bridgehead atoms. The van der Waals surface area contributed by atoms with Crippen molar-refractivity contribution in [2.24, 2.45) is 0 Å². The normalized spacial score (nSPS) is 23.8. The molecular formula is C25H30O11. The molecule has 0 amide bonds. The first-order valence-electron chi connectivity index (χ1n) is 11.0. The van der Waals surface area contributed by atoms with Gasteiger partial charge in [-0.05, 0) is 24.3 Å². The van der Waals surface area contributed by atoms with E-state index in [0.29, 0.717) is 17.1 Å². The third-order valence-electron chi connectivity index (χ3n) is 5.69. The first kappa shape index (κ1) is 27.2. The van der Waals surface area contributed by atoms with Crippen molar-refractivity contribution in [1.82, 2.24) is 0 Å². The summed E-state index contributed by atoms with van der Waals surface area (Å²) in [5, 5.41) is 40.0. The molecule has 0 aliphatic carbocycles. The lowest BCUT2D eigenvalue weighted by Crippen LogP contribution is -2.60. The van der Waals surface area contributed by atoms with E-state index in [-0.39, 0.29) is 22.8 Å². The van der Waals surface area contributed by atoms with Crippen molar-refractivity contribution < 1.29 is 53.6 Å². The second kappa shape index (κ2) is 12.1. The van der Waals surface area contributed by atoms with Gasteiger partial charge >= 0.3 is 0 Å². The zero-order chi connectivity index (χ0) is 26.4. The van der Waals surface area contributed by atoms with Gasteiger partial charge in [-0.15, -0.1) is 0 Å². The lowest BCUT2D eigenvalue weighted by Gasteiger charge is -2.39. The molecule has 11 heteroatoms. The second-order valence-corrected chi connectivity index (χ2v) is 7.82. The highest BCUT2D eigenvalue weighted by molar-refractivity contribution is 6.10. The zero-order valence-corrected chi connectivity index (χ0v) is 20.3. The maximum absolute atomic E-state index is 13.3. The monoisotopic (exact) mass is 506 g/mol. The first-order valence-corrected chi connectivity index (χ1v) is 11.0. The van der Waals surface area contributed by atoms with E-state index in [1.165, 1.54) is 46.6 Å². The molecule has 2 aromatic rings. The largest absolute Gasteiger partial charge is 0.497 e. The predicted molar refractivity (Wildman–Crippen MR) is 127 cm³/mol. The molecule has 36 heavy (non-hydrogen) atoms. The molecule has 3 rings (SSSR count). The van der Waals surface area contributed by atoms with Gasteiger partial charge in [-0.1, -0.05) is 0 Å². The number of aliphatic hydroxyl groups is 4. The Labute approximate surface area is 208 Å². The average Bonchev–Trinajstić information content (AvgIpc) is 2.91. The Morgan fingerprint density at radius 3 is 2.11 bits per heavy atom. The Hall–Kier alpha value is -3.35. The van der Waals surface area contributed by atoms with Crippen LogP contribution in [0.3, 0.4) is 0 Å². The summed E-state index contributed by atoms with van der Waals surface area (Å²) in [5.41, 5.74) is 0.592. The van der Waals surface area contributed by atoms with Crippen molar-refractivity contribution in [3.8, 4) is 28.7 Å². The Morgan fingerprint density at radius 2 is 1.50 bits per heavy atom. The summed E-state index contributed by atoms with van der Waals surface area (Å²) >= 11 is 0. The van der Waals surface area contributed by atoms with E-state index in [0.717, 1.165) is 0 Å². The Bertz CT molecular complexity index is 1080. The van der Waals surface area contributed by atoms with Crippen molar-refractivity contribution in [1.29, 1.82) is 0 Å². The van der Waals surface area contributed by atoms with Crippen LogP contribution in [0.25, 0.3) is 6.08 Å². The predicted octanol–water partition coefficient (Wildman–Crippen LogP) is 0.796. The summed E-state index contributed by atoms with van der Waals surface area (Å²) in [4.78, 5) is 13.3. The molecular weight excluding hydrogens is 476 g/mol. The molecule has 196 valence electrons. The number of aliphatic hydroxyl groups excluding tert-OH is 4. The summed E-state index contributed by atoms with van der Waals surface area (Å²) in [6.07, 6.45) is -4.78. The van der Waals surface area contributed by atoms with Gasteiger partial charge in [0.05, 0.1) is 35.0 Å². The van der Waals surface area contributed by atoms with Crippen LogP contribution in [0.15, 0.2) is 36.4 Å². The number of ketones is 1. The smallest absolute Gasteiger partial charge is 0.229 e. The van der Waals surface area contributed by atoms with Crippen molar-refractivity contribution in [3.05, 3.63) is 47.5 Å². The van der Waals surface area contributed by atoms with Crippen LogP contribution >= 0.6 is 0 Å². The molecule has 0 spiro atoms. The van der Waals surface area contributed by atoms with Gasteiger partial charge in [0, 0.05) is 23.8 Å². The van der Waals surface area contributed by atoms with E-state index in [9.17, 15) is 25.2 Å². The van der Waals surface area contributed by atoms with E-state index in [1.807, 2.05) is 0 Å². The molecule has 0 unspecified atom stereocenters. The van der Waals surface area contributed by atoms with Crippen LogP contribution in [0.4, 0.5) is 0 Å². The van der Waals surface area contributed by atoms with Gasteiger partial charge in [0.1, 0.15) is 58.7 Å². The molecule has 1 saturated heterocycles. The van der Waals surface area contributed by atoms with E-state index in [4.69, 9.17) is 28.4 Å². The summed E-state index contributed by atoms with van der Waals surface area (Å²) in [6.45, 7) is -0.634. The number of carbonyl (C=O) groups excluding carboxylic acids is 1. The molecule has 0 aromatic heterocycles. The number of benzene rings is 2. The number of hydrogen-bond acceptors (Lipinski definition) is 11. The van der Waals surface area contributed by atoms with Crippen LogP contribution in [0.1, 0.15) is 15.9 Å². The Balaban J connectivity index is 1.98. The van der Waals surface area contributed by atoms with Gasteiger partial charge in [0.15, 0.2) is 5.78 Å². The Morgan fingerprint density at radius 1 is 0.861 bits per heavy atom. The average molecular weight is 507 g/mol. The van der Waals surface area contributed by atoms with Gasteiger partial charge in [0.25, 0.3) is 0 Å². The summed E-state index contributed by atoms with van der Waals surface area (Å²) in [6, 6.07) is 7.98. The molecule has 0 saturated carbocycles. The number of allylic oxidation sites excluding steroid dienone is 1. The minimum absolute atomic E-state index is 0.0148. The van der Waals surface area contributed by atoms with Gasteiger partial charge in [0.2, 0.25) is 6.29 Å². The van der Waals surface area contributed by atoms with Gasteiger partial charge in [-0.25, -0.2) is 0 Å². The summed E-state index contributed by atoms with van der Waals surface area (Å²) in [7, 11) is 5.79. The molecule has 5 atom stereocenters. The minimum atomic E-state index is -1.68. The Kier molecular flexibility index (Phi) is 9.13. The fraction of sp³-hybridized carbons (Fsp3) is 0.400. The fourth-order valence-electron chi connectivity index (χ4n) is 3.68. The number of carbonyl (C=O) groups is 1. The zero-order valence-electron chi connectivity index (χ0n) is 20.3. The SMILES string of the molecule is COc1ccc(/C=C/C(=O)c2c(OC)cc(OC)cc2O[C@@H]2O[C@H](CO)[C@@H](O)[C@H](O)[C@@H]2O)c(OC)c1. The molecule has 1 aliphatic heterocycles. The van der Waals surface area contributed by atoms with Gasteiger partial charge in [-0.2, -0.15) is 0 Å². The van der Waals surface area contributed by atoms with E-state index in [2.05, 4.69) is 0 Å². The van der Waals surface area contributed by atoms with Gasteiger partial charge < -0.3 is 48.8 Å². The molecule has 2 aromatic carbocycles. The van der Waals surface area contributed by atoms with Crippen LogP contribution < -0.4 is 23.7 Å². The number of ether oxygens (including phenoxy) is 6. The van der Waals surface area contributed by atoms with Crippen molar-refractivity contribution in [3.63, 3.8) is 0 Å². The number of hydrogen-bond donors (Lipinski definition) is 4. The molecule has 4 N–H and O–H groups in total. The van der Waals surface area contributed by atoms with Crippen LogP contribution in [0, 0.1) is 0 Å². The lowest BCUT2D eigenvalue weighted by atomic mass is 9.99. The second-order valence-electron chi connectivity index (χ2n) is 7.82. The topological polar surface area (TPSA) is 153 Å². The fourth-order valence-corrected chi connectivity index (χ4v) is 3.68. The van der Waals surface area contributed by atoms with Crippen LogP contribution in [-0.4, -0.2) is 92.0 Å². The molecule has 0 radical (unpaired) electrons. The first-order chi connectivity index (χ1) is 17.3. The van der Waals surface area contributed by atoms with Crippen LogP contribution in [0.2, 0.25) is 0 Å². The summed E-state index contributed by atoms with van der Waals surface area (Å²) in [5.74, 6) is 0.869. The number of methoxy groups -OCH3 is 4. The quantitative estimate of drug-likeness (QED) is 0.267. The maximum Gasteiger partial charge on any atom is 0.229 e. The molecule has 1 aliphatic rings. The highest BCUT2D eigenvalue weighted by Gasteiger charge is 2.45. The standard InChI is InChI=1S/C25H30O11/c1-31-14-7-5-13(17(9-14)33-3)6-8-16(27)21-18(34-4)10-15(32-2)11-19(21)35-25-24(30)23(29)22(28)20(12-26)36-25/h5-11,20,22-26,28-30H,12H2,1-4H3/b8-6+/t20-,22-,23+,24+,25-/m1/s1. The molecule has 1 fully saturated rings. The van der Waals surface area contributed by atoms with Gasteiger partial charge in [-0.3, -0.25) is 4.79 Å². The van der Waals surface area contributed by atoms with E-state index < -0.39 is 43.1 Å². The number of rotatable bonds is 10. The third kappa shape index (κ3) is 5.72. The lowest BCUT2D eigenvalue weighted by molar-refractivity contribution is -0.277. The highest BCUT2D eigenvalue weighted by Crippen LogP contribution is 2.37. The molecule has 1 heterocycles. The van der Waals surface area contributed by atoms with Crippen LogP contribution in [0.5, 0.6) is 28.7 Å². The minimum Gasteiger partial charge on any atom is -0.497 e. The van der Waals surface area contributed by atoms with E-state index >= 15 is 0 Å². The molecule has 11 nitrogen and oxygen atoms in total. The van der Waals surface area contributed by atoms with Crippen molar-refractivity contribution in [2.45, 2.75) is 30.7 Å². The highest BCUT2D eigenvalue weighted by atomic mass is 16.7. The van der Waals surface area contributed by atoms with Crippen molar-refractivity contribution in [2.75, 3.05) is 35.0 Å². The third-order valence-corrected chi connectivity index (χ3v) is 5.69. The van der Waals surface area contributed by atoms with E-state index in [1.54, 1.807) is 24.3 Å².